The number of hydrogen-bond acceptors (Lipinski definition) is 4. The average molecular weight is 508 g/mol. The first kappa shape index (κ1) is 38.7. The van der Waals surface area contributed by atoms with E-state index in [1.165, 1.54) is 51.9 Å². The SMILES string of the molecule is C.CC.CC(C)[C@@H](CN1CCCC1)NC=O.CC(C)[C@@H](CN1CCCC1)[N-]C=O.[CH2-]C.[Zn]. The zero-order valence-corrected chi connectivity index (χ0v) is 24.6. The van der Waals surface area contributed by atoms with E-state index in [4.69, 9.17) is 0 Å². The Hall–Kier alpha value is -0.517. The summed E-state index contributed by atoms with van der Waals surface area (Å²) in [6.07, 6.45) is 6.73. The maximum atomic E-state index is 10.4. The van der Waals surface area contributed by atoms with Gasteiger partial charge in [-0.05, 0) is 64.3 Å². The minimum absolute atomic E-state index is 0. The van der Waals surface area contributed by atoms with Crippen LogP contribution < -0.4 is 5.32 Å². The normalized spacial score (nSPS) is 17.1. The Kier molecular flexibility index (Phi) is 32.4. The van der Waals surface area contributed by atoms with E-state index in [2.05, 4.69) is 55.1 Å². The molecule has 0 saturated carbocycles. The van der Waals surface area contributed by atoms with Crippen LogP contribution in [0.1, 0.15) is 81.6 Å². The van der Waals surface area contributed by atoms with Crippen LogP contribution >= 0.6 is 0 Å². The third-order valence-corrected chi connectivity index (χ3v) is 5.41. The predicted molar refractivity (Wildman–Crippen MR) is 136 cm³/mol. The summed E-state index contributed by atoms with van der Waals surface area (Å²) in [7, 11) is 0. The van der Waals surface area contributed by atoms with Gasteiger partial charge in [0.05, 0.1) is 0 Å². The third kappa shape index (κ3) is 19.0. The maximum absolute atomic E-state index is 10.4. The molecule has 2 amide bonds. The van der Waals surface area contributed by atoms with Gasteiger partial charge >= 0.3 is 0 Å². The van der Waals surface area contributed by atoms with Crippen molar-refractivity contribution in [3.05, 3.63) is 12.2 Å². The van der Waals surface area contributed by atoms with E-state index in [9.17, 15) is 9.59 Å². The molecule has 2 fully saturated rings. The van der Waals surface area contributed by atoms with Crippen LogP contribution in [0.5, 0.6) is 0 Å². The van der Waals surface area contributed by atoms with E-state index in [1.807, 2.05) is 13.8 Å². The molecule has 2 aliphatic heterocycles. The number of carbonyl (C=O) groups excluding carboxylic acids is 2. The van der Waals surface area contributed by atoms with E-state index < -0.39 is 0 Å². The molecule has 6 nitrogen and oxygen atoms in total. The first-order valence-electron chi connectivity index (χ1n) is 12.0. The van der Waals surface area contributed by atoms with Crippen LogP contribution in [-0.4, -0.2) is 74.0 Å². The number of amides is 2. The number of carbonyl (C=O) groups is 2. The molecular formula is C25H54N4O2Zn-2. The molecule has 0 unspecified atom stereocenters. The van der Waals surface area contributed by atoms with E-state index in [1.54, 1.807) is 6.92 Å². The van der Waals surface area contributed by atoms with Crippen LogP contribution in [0, 0.1) is 18.8 Å². The van der Waals surface area contributed by atoms with Gasteiger partial charge in [0.1, 0.15) is 0 Å². The van der Waals surface area contributed by atoms with Gasteiger partial charge in [-0.1, -0.05) is 54.9 Å². The zero-order chi connectivity index (χ0) is 23.4. The smallest absolute Gasteiger partial charge is 0.207 e. The van der Waals surface area contributed by atoms with Crippen molar-refractivity contribution in [1.82, 2.24) is 15.1 Å². The molecular weight excluding hydrogens is 454 g/mol. The summed E-state index contributed by atoms with van der Waals surface area (Å²) in [5, 5.41) is 6.85. The van der Waals surface area contributed by atoms with Gasteiger partial charge in [-0.2, -0.15) is 6.92 Å². The van der Waals surface area contributed by atoms with Crippen LogP contribution in [0.15, 0.2) is 0 Å². The van der Waals surface area contributed by atoms with Gasteiger partial charge in [0, 0.05) is 38.5 Å². The molecule has 2 heterocycles. The van der Waals surface area contributed by atoms with Gasteiger partial charge in [-0.3, -0.25) is 4.79 Å². The largest absolute Gasteiger partial charge is 0.652 e. The zero-order valence-electron chi connectivity index (χ0n) is 21.6. The maximum Gasteiger partial charge on any atom is 0.207 e. The van der Waals surface area contributed by atoms with Crippen LogP contribution in [0.4, 0.5) is 0 Å². The van der Waals surface area contributed by atoms with Crippen molar-refractivity contribution in [3.8, 4) is 0 Å². The summed E-state index contributed by atoms with van der Waals surface area (Å²) in [6, 6.07) is 0.506. The first-order chi connectivity index (χ1) is 14.5. The Balaban J connectivity index is -0.000000201. The van der Waals surface area contributed by atoms with Gasteiger partial charge < -0.3 is 32.2 Å². The molecule has 0 aromatic rings. The number of likely N-dealkylation sites (tertiary alicyclic amines) is 2. The monoisotopic (exact) mass is 506 g/mol. The Morgan fingerprint density at radius 1 is 0.844 bits per heavy atom. The predicted octanol–water partition coefficient (Wildman–Crippen LogP) is 4.99. The van der Waals surface area contributed by atoms with E-state index in [-0.39, 0.29) is 32.9 Å². The van der Waals surface area contributed by atoms with Crippen LogP contribution in [-0.2, 0) is 29.1 Å². The van der Waals surface area contributed by atoms with Gasteiger partial charge in [-0.25, -0.2) is 0 Å². The fourth-order valence-corrected chi connectivity index (χ4v) is 3.52. The minimum Gasteiger partial charge on any atom is -0.652 e. The van der Waals surface area contributed by atoms with E-state index in [0.29, 0.717) is 24.3 Å². The Labute approximate surface area is 213 Å². The molecule has 2 aliphatic rings. The second kappa shape index (κ2) is 26.7. The number of rotatable bonds is 10. The van der Waals surface area contributed by atoms with Crippen molar-refractivity contribution in [2.45, 2.75) is 93.7 Å². The fourth-order valence-electron chi connectivity index (χ4n) is 3.52. The van der Waals surface area contributed by atoms with Crippen molar-refractivity contribution in [2.75, 3.05) is 39.3 Å². The first-order valence-corrected chi connectivity index (χ1v) is 12.0. The number of nitrogens with one attached hydrogen (secondary N) is 1. The molecule has 0 aromatic carbocycles. The van der Waals surface area contributed by atoms with Crippen LogP contribution in [0.2, 0.25) is 0 Å². The van der Waals surface area contributed by atoms with Gasteiger partial charge in [0.25, 0.3) is 0 Å². The van der Waals surface area contributed by atoms with Crippen molar-refractivity contribution in [2.24, 2.45) is 11.8 Å². The van der Waals surface area contributed by atoms with Gasteiger partial charge in [0.2, 0.25) is 6.41 Å². The Morgan fingerprint density at radius 2 is 1.25 bits per heavy atom. The Bertz CT molecular complexity index is 350. The molecule has 0 aromatic heterocycles. The number of nitrogens with zero attached hydrogens (tertiary/aromatic N) is 3. The quantitative estimate of drug-likeness (QED) is 0.257. The molecule has 0 bridgehead atoms. The van der Waals surface area contributed by atoms with Crippen LogP contribution in [0.25, 0.3) is 5.32 Å². The van der Waals surface area contributed by atoms with E-state index >= 15 is 0 Å². The molecule has 2 saturated heterocycles. The second-order valence-corrected chi connectivity index (χ2v) is 8.22. The molecule has 0 spiro atoms. The fraction of sp³-hybridized carbons (Fsp3) is 0.880. The van der Waals surface area contributed by atoms with Crippen molar-refractivity contribution in [3.63, 3.8) is 0 Å². The topological polar surface area (TPSA) is 66.8 Å². The molecule has 1 N–H and O–H groups in total. The van der Waals surface area contributed by atoms with Gasteiger partial charge in [0.15, 0.2) is 0 Å². The van der Waals surface area contributed by atoms with Crippen molar-refractivity contribution in [1.29, 1.82) is 0 Å². The molecule has 2 rings (SSSR count). The average Bonchev–Trinajstić information content (AvgIpc) is 3.45. The molecule has 32 heavy (non-hydrogen) atoms. The summed E-state index contributed by atoms with van der Waals surface area (Å²) in [5.41, 5.74) is 0. The summed E-state index contributed by atoms with van der Waals surface area (Å²) in [5.74, 6) is 0.983. The van der Waals surface area contributed by atoms with Crippen molar-refractivity contribution >= 4 is 12.8 Å². The summed E-state index contributed by atoms with van der Waals surface area (Å²) in [6.45, 7) is 24.3. The molecule has 7 heteroatoms. The Morgan fingerprint density at radius 3 is 1.56 bits per heavy atom. The minimum atomic E-state index is 0. The molecule has 2 atom stereocenters. The van der Waals surface area contributed by atoms with Gasteiger partial charge in [-0.15, -0.1) is 6.04 Å². The third-order valence-electron chi connectivity index (χ3n) is 5.41. The molecule has 0 radical (unpaired) electrons. The van der Waals surface area contributed by atoms with Crippen molar-refractivity contribution < 1.29 is 29.1 Å². The molecule has 0 aliphatic carbocycles. The summed E-state index contributed by atoms with van der Waals surface area (Å²) < 4.78 is 0. The summed E-state index contributed by atoms with van der Waals surface area (Å²) in [4.78, 5) is 25.5. The second-order valence-electron chi connectivity index (χ2n) is 8.22. The standard InChI is InChI=1S/2C10H20N2O.C2H6.C2H5.CH4.Zn/c2*1-9(2)10(11-8-13)7-12-5-3-4-6-12;2*1-2;;/h2*8-10H,3-7H2,1-2H3,(H,11,13);1-2H3;1H2,2H3;1H4;/q;;;-1;;/p-1/t2*10-;;;;/m11..../s1. The van der Waals surface area contributed by atoms with E-state index in [0.717, 1.165) is 19.5 Å². The van der Waals surface area contributed by atoms with Crippen LogP contribution in [0.3, 0.4) is 0 Å². The number of hydrogen-bond donors (Lipinski definition) is 1. The summed E-state index contributed by atoms with van der Waals surface area (Å²) >= 11 is 0. The molecule has 190 valence electrons.